The second-order valence-corrected chi connectivity index (χ2v) is 9.69. The van der Waals surface area contributed by atoms with E-state index in [1.165, 1.54) is 25.7 Å². The highest BCUT2D eigenvalue weighted by molar-refractivity contribution is 7.97. The molecule has 1 heterocycles. The summed E-state index contributed by atoms with van der Waals surface area (Å²) < 4.78 is 27.6. The maximum Gasteiger partial charge on any atom is 0.268 e. The SMILES string of the molecule is CPN(PC)S(=O)(=O)c1ccn(C(C)(C)C(=O)N(C)C)n1. The largest absolute Gasteiger partial charge is 0.347 e. The molecule has 1 aromatic heterocycles. The van der Waals surface area contributed by atoms with Gasteiger partial charge in [-0.3, -0.25) is 9.48 Å². The van der Waals surface area contributed by atoms with Crippen LogP contribution in [-0.4, -0.2) is 60.3 Å². The summed E-state index contributed by atoms with van der Waals surface area (Å²) in [6, 6.07) is 1.44. The van der Waals surface area contributed by atoms with Crippen molar-refractivity contribution in [2.45, 2.75) is 24.4 Å². The van der Waals surface area contributed by atoms with Crippen molar-refractivity contribution in [2.24, 2.45) is 0 Å². The number of carbonyl (C=O) groups excluding carboxylic acids is 1. The first-order valence-corrected chi connectivity index (χ1v) is 10.6. The average molecular weight is 352 g/mol. The molecule has 0 bridgehead atoms. The number of amides is 1. The fraction of sp³-hybridized carbons (Fsp3) is 0.636. The molecule has 0 aliphatic rings. The molecule has 2 atom stereocenters. The van der Waals surface area contributed by atoms with Gasteiger partial charge in [0.15, 0.2) is 5.03 Å². The van der Waals surface area contributed by atoms with E-state index in [0.717, 1.165) is 0 Å². The molecule has 0 aromatic carbocycles. The van der Waals surface area contributed by atoms with E-state index in [2.05, 4.69) is 5.10 Å². The summed E-state index contributed by atoms with van der Waals surface area (Å²) in [5.41, 5.74) is -0.939. The second-order valence-electron chi connectivity index (χ2n) is 5.07. The molecule has 120 valence electrons. The van der Waals surface area contributed by atoms with Crippen molar-refractivity contribution in [2.75, 3.05) is 27.4 Å². The molecule has 1 aromatic rings. The third-order valence-corrected chi connectivity index (χ3v) is 8.90. The van der Waals surface area contributed by atoms with Gasteiger partial charge in [0, 0.05) is 20.3 Å². The zero-order chi connectivity index (χ0) is 16.4. The summed E-state index contributed by atoms with van der Waals surface area (Å²) in [4.78, 5) is 13.6. The predicted molar refractivity (Wildman–Crippen MR) is 87.7 cm³/mol. The van der Waals surface area contributed by atoms with Crippen molar-refractivity contribution >= 4 is 33.4 Å². The molecule has 0 radical (unpaired) electrons. The van der Waals surface area contributed by atoms with Gasteiger partial charge in [-0.1, -0.05) is 0 Å². The Morgan fingerprint density at radius 1 is 1.29 bits per heavy atom. The van der Waals surface area contributed by atoms with Crippen LogP contribution in [0.3, 0.4) is 0 Å². The Labute approximate surface area is 129 Å². The topological polar surface area (TPSA) is 75.5 Å². The number of hydrogen-bond acceptors (Lipinski definition) is 4. The van der Waals surface area contributed by atoms with Gasteiger partial charge in [0.1, 0.15) is 5.54 Å². The Hall–Kier alpha value is -0.550. The molecule has 0 N–H and O–H groups in total. The lowest BCUT2D eigenvalue weighted by Crippen LogP contribution is -2.44. The summed E-state index contributed by atoms with van der Waals surface area (Å²) in [5.74, 6) is -0.152. The highest BCUT2D eigenvalue weighted by Gasteiger charge is 2.34. The van der Waals surface area contributed by atoms with Crippen LogP contribution in [0.4, 0.5) is 0 Å². The molecule has 0 saturated heterocycles. The zero-order valence-corrected chi connectivity index (χ0v) is 15.9. The van der Waals surface area contributed by atoms with Crippen LogP contribution in [0.25, 0.3) is 0 Å². The van der Waals surface area contributed by atoms with Crippen LogP contribution in [0, 0.1) is 0 Å². The van der Waals surface area contributed by atoms with Crippen LogP contribution in [0.1, 0.15) is 13.8 Å². The molecular weight excluding hydrogens is 330 g/mol. The average Bonchev–Trinajstić information content (AvgIpc) is 2.89. The third kappa shape index (κ3) is 3.62. The van der Waals surface area contributed by atoms with Crippen molar-refractivity contribution in [3.8, 4) is 0 Å². The highest BCUT2D eigenvalue weighted by atomic mass is 32.2. The van der Waals surface area contributed by atoms with E-state index in [4.69, 9.17) is 0 Å². The van der Waals surface area contributed by atoms with Crippen LogP contribution < -0.4 is 0 Å². The van der Waals surface area contributed by atoms with E-state index >= 15 is 0 Å². The fourth-order valence-corrected chi connectivity index (χ4v) is 5.84. The van der Waals surface area contributed by atoms with Gasteiger partial charge in [-0.2, -0.15) is 8.94 Å². The summed E-state index contributed by atoms with van der Waals surface area (Å²) in [6.07, 6.45) is 1.53. The molecule has 1 rings (SSSR count). The Morgan fingerprint density at radius 2 is 1.81 bits per heavy atom. The Balaban J connectivity index is 3.21. The molecule has 0 aliphatic carbocycles. The van der Waals surface area contributed by atoms with Crippen LogP contribution >= 0.6 is 17.5 Å². The van der Waals surface area contributed by atoms with Gasteiger partial charge in [0.05, 0.1) is 0 Å². The van der Waals surface area contributed by atoms with E-state index in [-0.39, 0.29) is 28.4 Å². The summed E-state index contributed by atoms with van der Waals surface area (Å²) in [5, 5.41) is 4.10. The van der Waals surface area contributed by atoms with E-state index in [1.54, 1.807) is 27.9 Å². The van der Waals surface area contributed by atoms with Crippen molar-refractivity contribution in [1.29, 1.82) is 0 Å². The Morgan fingerprint density at radius 3 is 2.24 bits per heavy atom. The van der Waals surface area contributed by atoms with Crippen LogP contribution in [-0.2, 0) is 20.4 Å². The van der Waals surface area contributed by atoms with Gasteiger partial charge in [-0.15, -0.1) is 0 Å². The standard InChI is InChI=1S/C11H22N4O3P2S/c1-11(2,10(16)13(3)4)14-8-7-9(12-14)21(17,18)15(19-5)20-6/h7-8,19-20H,1-6H3. The van der Waals surface area contributed by atoms with Gasteiger partial charge < -0.3 is 4.90 Å². The van der Waals surface area contributed by atoms with Crippen molar-refractivity contribution in [1.82, 2.24) is 18.5 Å². The van der Waals surface area contributed by atoms with Gasteiger partial charge in [0.25, 0.3) is 10.0 Å². The first-order valence-electron chi connectivity index (χ1n) is 6.27. The molecule has 1 amide bonds. The summed E-state index contributed by atoms with van der Waals surface area (Å²) in [7, 11) is 0.0196. The predicted octanol–water partition coefficient (Wildman–Crippen LogP) is 1.14. The first-order chi connectivity index (χ1) is 9.58. The Bertz CT molecular complexity index is 609. The third-order valence-electron chi connectivity index (χ3n) is 2.98. The number of sulfonamides is 1. The molecule has 0 fully saturated rings. The maximum absolute atomic E-state index is 12.4. The molecule has 21 heavy (non-hydrogen) atoms. The van der Waals surface area contributed by atoms with E-state index < -0.39 is 15.6 Å². The number of rotatable bonds is 6. The fourth-order valence-electron chi connectivity index (χ4n) is 1.85. The van der Waals surface area contributed by atoms with E-state index in [0.29, 0.717) is 0 Å². The molecular formula is C11H22N4O3P2S. The Kier molecular flexibility index (Phi) is 5.90. The highest BCUT2D eigenvalue weighted by Crippen LogP contribution is 2.34. The van der Waals surface area contributed by atoms with Crippen LogP contribution in [0.5, 0.6) is 0 Å². The van der Waals surface area contributed by atoms with E-state index in [1.807, 2.05) is 13.3 Å². The van der Waals surface area contributed by atoms with Gasteiger partial charge in [-0.25, -0.2) is 8.42 Å². The zero-order valence-electron chi connectivity index (χ0n) is 13.1. The number of aromatic nitrogens is 2. The smallest absolute Gasteiger partial charge is 0.268 e. The maximum atomic E-state index is 12.4. The van der Waals surface area contributed by atoms with Gasteiger partial charge in [0.2, 0.25) is 5.91 Å². The molecule has 0 saturated carbocycles. The van der Waals surface area contributed by atoms with Gasteiger partial charge in [-0.05, 0) is 50.7 Å². The van der Waals surface area contributed by atoms with E-state index in [9.17, 15) is 13.2 Å². The second kappa shape index (κ2) is 6.69. The van der Waals surface area contributed by atoms with Crippen molar-refractivity contribution < 1.29 is 13.2 Å². The number of nitrogens with zero attached hydrogens (tertiary/aromatic N) is 4. The molecule has 7 nitrogen and oxygen atoms in total. The number of carbonyl (C=O) groups is 1. The van der Waals surface area contributed by atoms with Crippen LogP contribution in [0.15, 0.2) is 17.3 Å². The minimum absolute atomic E-state index is 0.0224. The monoisotopic (exact) mass is 352 g/mol. The normalized spacial score (nSPS) is 13.9. The molecule has 0 spiro atoms. The number of hydrogen-bond donors (Lipinski definition) is 0. The molecule has 0 aliphatic heterocycles. The first kappa shape index (κ1) is 18.5. The lowest BCUT2D eigenvalue weighted by atomic mass is 10.0. The van der Waals surface area contributed by atoms with Gasteiger partial charge >= 0.3 is 0 Å². The number of likely N-dealkylation sites (N-methyl/N-ethyl adjacent to an activating group) is 1. The van der Waals surface area contributed by atoms with Crippen molar-refractivity contribution in [3.63, 3.8) is 0 Å². The van der Waals surface area contributed by atoms with Crippen LogP contribution in [0.2, 0.25) is 0 Å². The minimum atomic E-state index is -3.59. The summed E-state index contributed by atoms with van der Waals surface area (Å²) in [6.45, 7) is 7.04. The molecule has 2 unspecified atom stereocenters. The lowest BCUT2D eigenvalue weighted by Gasteiger charge is -2.27. The lowest BCUT2D eigenvalue weighted by molar-refractivity contribution is -0.137. The molecule has 10 heteroatoms. The minimum Gasteiger partial charge on any atom is -0.347 e. The summed E-state index contributed by atoms with van der Waals surface area (Å²) >= 11 is 0. The quantitative estimate of drug-likeness (QED) is 0.720. The van der Waals surface area contributed by atoms with Crippen molar-refractivity contribution in [3.05, 3.63) is 12.3 Å².